The van der Waals surface area contributed by atoms with E-state index in [1.54, 1.807) is 12.1 Å². The summed E-state index contributed by atoms with van der Waals surface area (Å²) in [5.41, 5.74) is 8.39. The molecular weight excluding hydrogens is 266 g/mol. The Kier molecular flexibility index (Phi) is 4.02. The third kappa shape index (κ3) is 3.07. The summed E-state index contributed by atoms with van der Waals surface area (Å²) < 4.78 is 5.10. The van der Waals surface area contributed by atoms with Gasteiger partial charge in [-0.2, -0.15) is 0 Å². The molecule has 5 heteroatoms. The first kappa shape index (κ1) is 15.1. The van der Waals surface area contributed by atoms with Gasteiger partial charge in [0.1, 0.15) is 5.76 Å². The van der Waals surface area contributed by atoms with E-state index in [4.69, 9.17) is 10.3 Å². The second kappa shape index (κ2) is 5.60. The van der Waals surface area contributed by atoms with Crippen molar-refractivity contribution >= 4 is 11.6 Å². The third-order valence-electron chi connectivity index (χ3n) is 3.81. The number of anilines is 1. The van der Waals surface area contributed by atoms with E-state index in [2.05, 4.69) is 10.5 Å². The van der Waals surface area contributed by atoms with E-state index < -0.39 is 5.41 Å². The predicted octanol–water partition coefficient (Wildman–Crippen LogP) is 2.47. The molecule has 0 fully saturated rings. The van der Waals surface area contributed by atoms with E-state index in [-0.39, 0.29) is 5.91 Å². The molecule has 0 aliphatic rings. The standard InChI is InChI=1S/C16H21N3O2/c1-10-14(11(2)21-19-10)9-18-15(20)16(3,4)12-5-7-13(17)8-6-12/h5-8H,9,17H2,1-4H3,(H,18,20). The van der Waals surface area contributed by atoms with Crippen LogP contribution in [0.3, 0.4) is 0 Å². The Bertz CT molecular complexity index is 623. The van der Waals surface area contributed by atoms with Crippen LogP contribution in [0.15, 0.2) is 28.8 Å². The number of nitrogens with one attached hydrogen (secondary N) is 1. The fourth-order valence-electron chi connectivity index (χ4n) is 2.17. The molecule has 1 heterocycles. The van der Waals surface area contributed by atoms with Gasteiger partial charge in [0.05, 0.1) is 11.1 Å². The molecule has 2 rings (SSSR count). The molecule has 0 spiro atoms. The molecule has 0 atom stereocenters. The Labute approximate surface area is 124 Å². The second-order valence-corrected chi connectivity index (χ2v) is 5.73. The van der Waals surface area contributed by atoms with E-state index in [1.165, 1.54) is 0 Å². The number of benzene rings is 1. The summed E-state index contributed by atoms with van der Waals surface area (Å²) in [6, 6.07) is 7.37. The largest absolute Gasteiger partial charge is 0.399 e. The molecule has 5 nitrogen and oxygen atoms in total. The normalized spacial score (nSPS) is 11.4. The highest BCUT2D eigenvalue weighted by molar-refractivity contribution is 5.87. The number of aryl methyl sites for hydroxylation is 2. The fraction of sp³-hybridized carbons (Fsp3) is 0.375. The van der Waals surface area contributed by atoms with Crippen LogP contribution in [0.4, 0.5) is 5.69 Å². The van der Waals surface area contributed by atoms with Gasteiger partial charge in [0.2, 0.25) is 5.91 Å². The molecule has 112 valence electrons. The molecule has 0 aliphatic carbocycles. The van der Waals surface area contributed by atoms with Crippen molar-refractivity contribution in [2.45, 2.75) is 39.7 Å². The predicted molar refractivity (Wildman–Crippen MR) is 81.7 cm³/mol. The highest BCUT2D eigenvalue weighted by Gasteiger charge is 2.29. The van der Waals surface area contributed by atoms with Crippen molar-refractivity contribution in [1.29, 1.82) is 0 Å². The summed E-state index contributed by atoms with van der Waals surface area (Å²) in [4.78, 5) is 12.5. The Hall–Kier alpha value is -2.30. The maximum absolute atomic E-state index is 12.5. The van der Waals surface area contributed by atoms with Crippen LogP contribution in [0.2, 0.25) is 0 Å². The Balaban J connectivity index is 2.10. The lowest BCUT2D eigenvalue weighted by Gasteiger charge is -2.24. The molecular formula is C16H21N3O2. The van der Waals surface area contributed by atoms with Gasteiger partial charge in [-0.1, -0.05) is 17.3 Å². The molecule has 0 saturated carbocycles. The summed E-state index contributed by atoms with van der Waals surface area (Å²) in [5.74, 6) is 0.686. The number of amides is 1. The van der Waals surface area contributed by atoms with Crippen molar-refractivity contribution in [2.75, 3.05) is 5.73 Å². The van der Waals surface area contributed by atoms with E-state index in [0.717, 1.165) is 22.6 Å². The third-order valence-corrected chi connectivity index (χ3v) is 3.81. The van der Waals surface area contributed by atoms with Crippen LogP contribution in [0.25, 0.3) is 0 Å². The molecule has 1 aromatic carbocycles. The van der Waals surface area contributed by atoms with Gasteiger partial charge in [-0.3, -0.25) is 4.79 Å². The highest BCUT2D eigenvalue weighted by atomic mass is 16.5. The minimum absolute atomic E-state index is 0.0488. The number of rotatable bonds is 4. The molecule has 0 bridgehead atoms. The van der Waals surface area contributed by atoms with Crippen molar-refractivity contribution in [2.24, 2.45) is 0 Å². The van der Waals surface area contributed by atoms with Gasteiger partial charge in [-0.15, -0.1) is 0 Å². The monoisotopic (exact) mass is 287 g/mol. The van der Waals surface area contributed by atoms with Gasteiger partial charge in [0, 0.05) is 17.8 Å². The first-order valence-corrected chi connectivity index (χ1v) is 6.88. The van der Waals surface area contributed by atoms with Gasteiger partial charge < -0.3 is 15.6 Å². The van der Waals surface area contributed by atoms with E-state index >= 15 is 0 Å². The summed E-state index contributed by atoms with van der Waals surface area (Å²) >= 11 is 0. The van der Waals surface area contributed by atoms with Crippen molar-refractivity contribution in [3.8, 4) is 0 Å². The molecule has 0 aliphatic heterocycles. The lowest BCUT2D eigenvalue weighted by molar-refractivity contribution is -0.125. The first-order valence-electron chi connectivity index (χ1n) is 6.88. The number of hydrogen-bond donors (Lipinski definition) is 2. The van der Waals surface area contributed by atoms with Gasteiger partial charge in [-0.25, -0.2) is 0 Å². The minimum Gasteiger partial charge on any atom is -0.399 e. The highest BCUT2D eigenvalue weighted by Crippen LogP contribution is 2.24. The molecule has 0 radical (unpaired) electrons. The summed E-state index contributed by atoms with van der Waals surface area (Å²) in [6.07, 6.45) is 0. The van der Waals surface area contributed by atoms with Gasteiger partial charge in [-0.05, 0) is 45.4 Å². The lowest BCUT2D eigenvalue weighted by Crippen LogP contribution is -2.39. The quantitative estimate of drug-likeness (QED) is 0.846. The van der Waals surface area contributed by atoms with Crippen LogP contribution in [0, 0.1) is 13.8 Å². The number of carbonyl (C=O) groups excluding carboxylic acids is 1. The zero-order valence-electron chi connectivity index (χ0n) is 12.9. The number of hydrogen-bond acceptors (Lipinski definition) is 4. The van der Waals surface area contributed by atoms with Crippen molar-refractivity contribution in [3.05, 3.63) is 46.8 Å². The van der Waals surface area contributed by atoms with Crippen LogP contribution in [0.5, 0.6) is 0 Å². The average molecular weight is 287 g/mol. The van der Waals surface area contributed by atoms with Crippen LogP contribution in [-0.2, 0) is 16.8 Å². The lowest BCUT2D eigenvalue weighted by atomic mass is 9.83. The molecule has 1 amide bonds. The molecule has 2 aromatic rings. The van der Waals surface area contributed by atoms with Crippen LogP contribution < -0.4 is 11.1 Å². The number of carbonyl (C=O) groups is 1. The molecule has 0 saturated heterocycles. The zero-order chi connectivity index (χ0) is 15.6. The SMILES string of the molecule is Cc1noc(C)c1CNC(=O)C(C)(C)c1ccc(N)cc1. The minimum atomic E-state index is -0.632. The number of nitrogens with two attached hydrogens (primary N) is 1. The maximum atomic E-state index is 12.5. The average Bonchev–Trinajstić information content (AvgIpc) is 2.76. The van der Waals surface area contributed by atoms with Crippen LogP contribution in [0.1, 0.15) is 36.4 Å². The Morgan fingerprint density at radius 3 is 2.43 bits per heavy atom. The molecule has 1 aromatic heterocycles. The molecule has 0 unspecified atom stereocenters. The Morgan fingerprint density at radius 2 is 1.90 bits per heavy atom. The van der Waals surface area contributed by atoms with Gasteiger partial charge >= 0.3 is 0 Å². The van der Waals surface area contributed by atoms with E-state index in [9.17, 15) is 4.79 Å². The number of aromatic nitrogens is 1. The second-order valence-electron chi connectivity index (χ2n) is 5.73. The van der Waals surface area contributed by atoms with Gasteiger partial charge in [0.15, 0.2) is 0 Å². The molecule has 3 N–H and O–H groups in total. The van der Waals surface area contributed by atoms with Crippen LogP contribution in [-0.4, -0.2) is 11.1 Å². The summed E-state index contributed by atoms with van der Waals surface area (Å²) in [7, 11) is 0. The topological polar surface area (TPSA) is 81.2 Å². The number of nitrogens with zero attached hydrogens (tertiary/aromatic N) is 1. The van der Waals surface area contributed by atoms with Gasteiger partial charge in [0.25, 0.3) is 0 Å². The first-order chi connectivity index (χ1) is 9.82. The molecule has 21 heavy (non-hydrogen) atoms. The smallest absolute Gasteiger partial charge is 0.230 e. The zero-order valence-corrected chi connectivity index (χ0v) is 12.9. The van der Waals surface area contributed by atoms with Crippen molar-refractivity contribution < 1.29 is 9.32 Å². The van der Waals surface area contributed by atoms with Crippen molar-refractivity contribution in [1.82, 2.24) is 10.5 Å². The van der Waals surface area contributed by atoms with E-state index in [0.29, 0.717) is 12.2 Å². The van der Waals surface area contributed by atoms with Crippen molar-refractivity contribution in [3.63, 3.8) is 0 Å². The fourth-order valence-corrected chi connectivity index (χ4v) is 2.17. The van der Waals surface area contributed by atoms with E-state index in [1.807, 2.05) is 39.8 Å². The number of nitrogen functional groups attached to an aromatic ring is 1. The Morgan fingerprint density at radius 1 is 1.29 bits per heavy atom. The summed E-state index contributed by atoms with van der Waals surface area (Å²) in [6.45, 7) is 7.90. The summed E-state index contributed by atoms with van der Waals surface area (Å²) in [5, 5.41) is 6.83. The van der Waals surface area contributed by atoms with Crippen LogP contribution >= 0.6 is 0 Å². The maximum Gasteiger partial charge on any atom is 0.230 e.